The Hall–Kier alpha value is -4.39. The summed E-state index contributed by atoms with van der Waals surface area (Å²) in [5, 5.41) is 2.98. The monoisotopic (exact) mass is 538 g/mol. The summed E-state index contributed by atoms with van der Waals surface area (Å²) in [5.74, 6) is 1.40. The molecule has 0 saturated carbocycles. The number of nitrogens with one attached hydrogen (secondary N) is 1. The minimum Gasteiger partial charge on any atom is -0.497 e. The van der Waals surface area contributed by atoms with E-state index in [-0.39, 0.29) is 30.7 Å². The van der Waals surface area contributed by atoms with Gasteiger partial charge in [-0.05, 0) is 59.4 Å². The highest BCUT2D eigenvalue weighted by molar-refractivity contribution is 5.94. The summed E-state index contributed by atoms with van der Waals surface area (Å²) in [6, 6.07) is 25.5. The quantitative estimate of drug-likeness (QED) is 0.242. The lowest BCUT2D eigenvalue weighted by Crippen LogP contribution is -2.41. The summed E-state index contributed by atoms with van der Waals surface area (Å²) in [6.45, 7) is 8.82. The van der Waals surface area contributed by atoms with E-state index in [9.17, 15) is 9.59 Å². The van der Waals surface area contributed by atoms with Crippen molar-refractivity contribution >= 4 is 17.8 Å². The molecule has 1 N–H and O–H groups in total. The molecule has 0 fully saturated rings. The van der Waals surface area contributed by atoms with Crippen molar-refractivity contribution in [1.82, 2.24) is 14.5 Å². The van der Waals surface area contributed by atoms with Gasteiger partial charge in [-0.15, -0.1) is 0 Å². The van der Waals surface area contributed by atoms with Crippen LogP contribution in [0.1, 0.15) is 44.7 Å². The van der Waals surface area contributed by atoms with Crippen molar-refractivity contribution < 1.29 is 14.3 Å². The summed E-state index contributed by atoms with van der Waals surface area (Å²) in [5.41, 5.74) is 4.64. The predicted octanol–water partition coefficient (Wildman–Crippen LogP) is 6.34. The van der Waals surface area contributed by atoms with Crippen LogP contribution in [-0.2, 0) is 16.0 Å². The van der Waals surface area contributed by atoms with Gasteiger partial charge in [0.2, 0.25) is 17.8 Å². The van der Waals surface area contributed by atoms with Crippen molar-refractivity contribution in [1.29, 1.82) is 0 Å². The highest BCUT2D eigenvalue weighted by atomic mass is 16.5. The molecule has 0 atom stereocenters. The number of carbonyl (C=O) groups excluding carboxylic acids is 2. The standard InChI is InChI=1S/C33H38N4O3/c1-23(2)20-36(32(39)19-25-9-7-6-8-10-25)22-31(38)35-33-34-30(27-13-17-29(40-5)18-14-27)21-37(33)28-15-11-26(12-16-28)24(3)4/h6-18,21,23-24H,19-20,22H2,1-5H3,(H,34,35,38). The van der Waals surface area contributed by atoms with E-state index in [1.165, 1.54) is 5.56 Å². The molecule has 0 radical (unpaired) electrons. The Bertz CT molecular complexity index is 1410. The lowest BCUT2D eigenvalue weighted by Gasteiger charge is -2.24. The second kappa shape index (κ2) is 13.1. The Morgan fingerprint density at radius 2 is 1.60 bits per heavy atom. The first kappa shape index (κ1) is 28.6. The van der Waals surface area contributed by atoms with Gasteiger partial charge in [-0.2, -0.15) is 0 Å². The third kappa shape index (κ3) is 7.38. The van der Waals surface area contributed by atoms with Gasteiger partial charge in [0.05, 0.1) is 25.8 Å². The Morgan fingerprint density at radius 1 is 0.925 bits per heavy atom. The molecule has 0 spiro atoms. The lowest BCUT2D eigenvalue weighted by atomic mass is 10.0. The van der Waals surface area contributed by atoms with E-state index in [4.69, 9.17) is 9.72 Å². The Labute approximate surface area is 236 Å². The number of hydrogen-bond acceptors (Lipinski definition) is 4. The van der Waals surface area contributed by atoms with E-state index in [2.05, 4.69) is 31.3 Å². The lowest BCUT2D eigenvalue weighted by molar-refractivity contribution is -0.134. The maximum Gasteiger partial charge on any atom is 0.246 e. The zero-order chi connectivity index (χ0) is 28.6. The fourth-order valence-corrected chi connectivity index (χ4v) is 4.50. The zero-order valence-corrected chi connectivity index (χ0v) is 23.9. The molecule has 40 heavy (non-hydrogen) atoms. The van der Waals surface area contributed by atoms with Crippen LogP contribution in [0.3, 0.4) is 0 Å². The maximum absolute atomic E-state index is 13.3. The molecular formula is C33H38N4O3. The number of methoxy groups -OCH3 is 1. The zero-order valence-electron chi connectivity index (χ0n) is 23.9. The number of carbonyl (C=O) groups is 2. The molecule has 0 saturated heterocycles. The second-order valence-corrected chi connectivity index (χ2v) is 10.7. The third-order valence-electron chi connectivity index (χ3n) is 6.65. The van der Waals surface area contributed by atoms with Gasteiger partial charge in [0.15, 0.2) is 0 Å². The molecule has 1 aromatic heterocycles. The van der Waals surface area contributed by atoms with Gasteiger partial charge >= 0.3 is 0 Å². The Morgan fingerprint density at radius 3 is 2.20 bits per heavy atom. The van der Waals surface area contributed by atoms with Crippen LogP contribution in [0.4, 0.5) is 5.95 Å². The van der Waals surface area contributed by atoms with Gasteiger partial charge in [0.1, 0.15) is 5.75 Å². The molecule has 0 bridgehead atoms. The minimum atomic E-state index is -0.297. The average molecular weight is 539 g/mol. The summed E-state index contributed by atoms with van der Waals surface area (Å²) in [4.78, 5) is 32.9. The summed E-state index contributed by atoms with van der Waals surface area (Å²) in [6.07, 6.45) is 2.16. The van der Waals surface area contributed by atoms with Gasteiger partial charge < -0.3 is 9.64 Å². The number of anilines is 1. The van der Waals surface area contributed by atoms with Crippen molar-refractivity contribution in [2.75, 3.05) is 25.5 Å². The average Bonchev–Trinajstić information content (AvgIpc) is 3.36. The van der Waals surface area contributed by atoms with E-state index < -0.39 is 0 Å². The number of imidazole rings is 1. The van der Waals surface area contributed by atoms with Crippen LogP contribution < -0.4 is 10.1 Å². The highest BCUT2D eigenvalue weighted by Gasteiger charge is 2.21. The summed E-state index contributed by atoms with van der Waals surface area (Å²) < 4.78 is 7.17. The Balaban J connectivity index is 1.60. The predicted molar refractivity (Wildman–Crippen MR) is 160 cm³/mol. The van der Waals surface area contributed by atoms with Crippen molar-refractivity contribution in [3.05, 3.63) is 96.2 Å². The van der Waals surface area contributed by atoms with E-state index in [1.54, 1.807) is 12.0 Å². The van der Waals surface area contributed by atoms with Gasteiger partial charge in [0, 0.05) is 24.0 Å². The molecule has 208 valence electrons. The van der Waals surface area contributed by atoms with Crippen molar-refractivity contribution in [3.8, 4) is 22.7 Å². The van der Waals surface area contributed by atoms with Crippen molar-refractivity contribution in [2.45, 2.75) is 40.0 Å². The van der Waals surface area contributed by atoms with Crippen molar-refractivity contribution in [2.24, 2.45) is 5.92 Å². The first-order valence-corrected chi connectivity index (χ1v) is 13.7. The SMILES string of the molecule is COc1ccc(-c2cn(-c3ccc(C(C)C)cc3)c(NC(=O)CN(CC(C)C)C(=O)Cc3ccccc3)n2)cc1. The van der Waals surface area contributed by atoms with Crippen LogP contribution in [0.5, 0.6) is 5.75 Å². The molecule has 3 aromatic carbocycles. The first-order valence-electron chi connectivity index (χ1n) is 13.7. The molecule has 4 rings (SSSR count). The van der Waals surface area contributed by atoms with Crippen LogP contribution in [0.25, 0.3) is 16.9 Å². The van der Waals surface area contributed by atoms with E-state index in [0.717, 1.165) is 22.6 Å². The molecule has 4 aromatic rings. The topological polar surface area (TPSA) is 76.5 Å². The van der Waals surface area contributed by atoms with Crippen molar-refractivity contribution in [3.63, 3.8) is 0 Å². The second-order valence-electron chi connectivity index (χ2n) is 10.7. The van der Waals surface area contributed by atoms with Crippen LogP contribution in [0.2, 0.25) is 0 Å². The maximum atomic E-state index is 13.3. The van der Waals surface area contributed by atoms with Gasteiger partial charge in [0.25, 0.3) is 0 Å². The molecule has 0 unspecified atom stereocenters. The first-order chi connectivity index (χ1) is 19.2. The number of benzene rings is 3. The number of hydrogen-bond donors (Lipinski definition) is 1. The largest absolute Gasteiger partial charge is 0.497 e. The molecule has 2 amide bonds. The van der Waals surface area contributed by atoms with Crippen LogP contribution in [-0.4, -0.2) is 46.5 Å². The molecular weight excluding hydrogens is 500 g/mol. The fraction of sp³-hybridized carbons (Fsp3) is 0.303. The van der Waals surface area contributed by atoms with Gasteiger partial charge in [-0.3, -0.25) is 19.5 Å². The summed E-state index contributed by atoms with van der Waals surface area (Å²) in [7, 11) is 1.63. The number of aromatic nitrogens is 2. The van der Waals surface area contributed by atoms with Crippen LogP contribution in [0.15, 0.2) is 85.1 Å². The molecule has 1 heterocycles. The normalized spacial score (nSPS) is 11.1. The number of nitrogens with zero attached hydrogens (tertiary/aromatic N) is 3. The van der Waals surface area contributed by atoms with Crippen LogP contribution in [0, 0.1) is 5.92 Å². The number of ether oxygens (including phenoxy) is 1. The van der Waals surface area contributed by atoms with E-state index in [1.807, 2.05) is 91.3 Å². The smallest absolute Gasteiger partial charge is 0.246 e. The molecule has 0 aliphatic heterocycles. The third-order valence-corrected chi connectivity index (χ3v) is 6.65. The van der Waals surface area contributed by atoms with E-state index in [0.29, 0.717) is 24.1 Å². The molecule has 0 aliphatic carbocycles. The molecule has 0 aliphatic rings. The van der Waals surface area contributed by atoms with Gasteiger partial charge in [-0.1, -0.05) is 70.2 Å². The molecule has 7 heteroatoms. The summed E-state index contributed by atoms with van der Waals surface area (Å²) >= 11 is 0. The minimum absolute atomic E-state index is 0.0547. The number of amides is 2. The van der Waals surface area contributed by atoms with E-state index >= 15 is 0 Å². The Kier molecular flexibility index (Phi) is 9.38. The highest BCUT2D eigenvalue weighted by Crippen LogP contribution is 2.27. The van der Waals surface area contributed by atoms with Crippen LogP contribution >= 0.6 is 0 Å². The molecule has 7 nitrogen and oxygen atoms in total. The van der Waals surface area contributed by atoms with Gasteiger partial charge in [-0.25, -0.2) is 4.98 Å². The number of rotatable bonds is 11. The fourth-order valence-electron chi connectivity index (χ4n) is 4.50.